The summed E-state index contributed by atoms with van der Waals surface area (Å²) in [5.41, 5.74) is 0.335. The van der Waals surface area contributed by atoms with Crippen LogP contribution in [0.5, 0.6) is 5.75 Å². The monoisotopic (exact) mass is 348 g/mol. The summed E-state index contributed by atoms with van der Waals surface area (Å²) in [5, 5.41) is 8.62. The van der Waals surface area contributed by atoms with Gasteiger partial charge in [0, 0.05) is 5.92 Å². The second-order valence-corrected chi connectivity index (χ2v) is 6.06. The molecule has 1 N–H and O–H groups in total. The van der Waals surface area contributed by atoms with Gasteiger partial charge >= 0.3 is 12.3 Å². The lowest BCUT2D eigenvalue weighted by atomic mass is 10.1. The van der Waals surface area contributed by atoms with Gasteiger partial charge in [-0.1, -0.05) is 40.9 Å². The van der Waals surface area contributed by atoms with E-state index in [1.165, 1.54) is 6.07 Å². The molecule has 1 aromatic carbocycles. The van der Waals surface area contributed by atoms with Crippen LogP contribution in [0.25, 0.3) is 0 Å². The highest BCUT2D eigenvalue weighted by atomic mass is 35.5. The van der Waals surface area contributed by atoms with Crippen LogP contribution >= 0.6 is 34.8 Å². The van der Waals surface area contributed by atoms with Crippen LogP contribution < -0.4 is 4.74 Å². The molecular formula is C11H6Cl3F3O3. The van der Waals surface area contributed by atoms with Gasteiger partial charge in [-0.2, -0.15) is 0 Å². The van der Waals surface area contributed by atoms with E-state index in [0.717, 1.165) is 12.1 Å². The zero-order chi connectivity index (χ0) is 15.3. The van der Waals surface area contributed by atoms with Gasteiger partial charge in [-0.25, -0.2) is 0 Å². The molecule has 110 valence electrons. The zero-order valence-electron chi connectivity index (χ0n) is 9.42. The molecule has 1 aromatic rings. The van der Waals surface area contributed by atoms with E-state index < -0.39 is 34.3 Å². The zero-order valence-corrected chi connectivity index (χ0v) is 11.7. The third kappa shape index (κ3) is 2.92. The lowest BCUT2D eigenvalue weighted by Gasteiger charge is -2.11. The van der Waals surface area contributed by atoms with E-state index >= 15 is 0 Å². The normalized spacial score (nSPS) is 24.3. The average Bonchev–Trinajstić information content (AvgIpc) is 2.83. The van der Waals surface area contributed by atoms with Crippen LogP contribution in [0, 0.1) is 5.92 Å². The van der Waals surface area contributed by atoms with E-state index in [1.807, 2.05) is 0 Å². The van der Waals surface area contributed by atoms with Crippen molar-refractivity contribution in [3.63, 3.8) is 0 Å². The molecule has 0 aromatic heterocycles. The van der Waals surface area contributed by atoms with Crippen LogP contribution in [0.1, 0.15) is 11.5 Å². The third-order valence-electron chi connectivity index (χ3n) is 2.86. The number of ether oxygens (including phenoxy) is 1. The molecule has 1 aliphatic rings. The average molecular weight is 350 g/mol. The maximum Gasteiger partial charge on any atom is 0.573 e. The van der Waals surface area contributed by atoms with Gasteiger partial charge in [0.2, 0.25) is 0 Å². The topological polar surface area (TPSA) is 46.5 Å². The number of carbonyl (C=O) groups is 1. The summed E-state index contributed by atoms with van der Waals surface area (Å²) in [6.07, 6.45) is -4.86. The molecule has 3 nitrogen and oxygen atoms in total. The minimum Gasteiger partial charge on any atom is -0.481 e. The van der Waals surface area contributed by atoms with Crippen molar-refractivity contribution in [2.24, 2.45) is 5.92 Å². The van der Waals surface area contributed by atoms with Crippen LogP contribution in [-0.2, 0) is 4.79 Å². The van der Waals surface area contributed by atoms with E-state index in [2.05, 4.69) is 4.74 Å². The fourth-order valence-electron chi connectivity index (χ4n) is 1.97. The first-order valence-corrected chi connectivity index (χ1v) is 6.33. The second-order valence-electron chi connectivity index (χ2n) is 4.21. The Balaban J connectivity index is 2.25. The summed E-state index contributed by atoms with van der Waals surface area (Å²) in [7, 11) is 0. The molecule has 1 fully saturated rings. The molecular weight excluding hydrogens is 343 g/mol. The maximum absolute atomic E-state index is 12.1. The maximum atomic E-state index is 12.1. The van der Waals surface area contributed by atoms with E-state index in [-0.39, 0.29) is 5.02 Å². The number of benzene rings is 1. The first-order chi connectivity index (χ1) is 9.04. The smallest absolute Gasteiger partial charge is 0.481 e. The molecule has 0 heterocycles. The lowest BCUT2D eigenvalue weighted by molar-refractivity contribution is -0.274. The van der Waals surface area contributed by atoms with Crippen LogP contribution in [-0.4, -0.2) is 21.8 Å². The van der Waals surface area contributed by atoms with Crippen molar-refractivity contribution in [1.29, 1.82) is 0 Å². The first-order valence-electron chi connectivity index (χ1n) is 5.20. The largest absolute Gasteiger partial charge is 0.573 e. The van der Waals surface area contributed by atoms with E-state index in [0.29, 0.717) is 5.56 Å². The first kappa shape index (κ1) is 15.5. The molecule has 0 radical (unpaired) electrons. The van der Waals surface area contributed by atoms with Crippen LogP contribution in [0.3, 0.4) is 0 Å². The number of hydrogen-bond donors (Lipinski definition) is 1. The van der Waals surface area contributed by atoms with E-state index in [4.69, 9.17) is 39.9 Å². The van der Waals surface area contributed by atoms with Gasteiger partial charge in [0.05, 0.1) is 10.9 Å². The summed E-state index contributed by atoms with van der Waals surface area (Å²) < 4.78 is 38.5. The highest BCUT2D eigenvalue weighted by Crippen LogP contribution is 2.65. The fourth-order valence-corrected chi connectivity index (χ4v) is 3.01. The van der Waals surface area contributed by atoms with Gasteiger partial charge in [0.1, 0.15) is 10.1 Å². The van der Waals surface area contributed by atoms with Gasteiger partial charge < -0.3 is 9.84 Å². The van der Waals surface area contributed by atoms with Crippen molar-refractivity contribution in [2.45, 2.75) is 16.6 Å². The van der Waals surface area contributed by atoms with Gasteiger partial charge in [0.15, 0.2) is 0 Å². The molecule has 0 bridgehead atoms. The quantitative estimate of drug-likeness (QED) is 0.832. The molecule has 20 heavy (non-hydrogen) atoms. The molecule has 0 saturated heterocycles. The minimum absolute atomic E-state index is 0.306. The lowest BCUT2D eigenvalue weighted by Crippen LogP contribution is -2.17. The second kappa shape index (κ2) is 4.86. The number of carboxylic acids is 1. The predicted octanol–water partition coefficient (Wildman–Crippen LogP) is 4.21. The number of rotatable bonds is 3. The van der Waals surface area contributed by atoms with Crippen LogP contribution in [0.2, 0.25) is 5.02 Å². The van der Waals surface area contributed by atoms with Gasteiger partial charge in [-0.15, -0.1) is 13.2 Å². The number of carboxylic acid groups (broad SMARTS) is 1. The Morgan fingerprint density at radius 2 is 1.95 bits per heavy atom. The molecule has 2 rings (SSSR count). The van der Waals surface area contributed by atoms with Gasteiger partial charge in [-0.3, -0.25) is 4.79 Å². The summed E-state index contributed by atoms with van der Waals surface area (Å²) >= 11 is 17.3. The van der Waals surface area contributed by atoms with Crippen LogP contribution in [0.15, 0.2) is 18.2 Å². The Kier molecular flexibility index (Phi) is 3.77. The molecule has 0 aliphatic heterocycles. The molecule has 9 heteroatoms. The summed E-state index contributed by atoms with van der Waals surface area (Å²) in [5.74, 6) is -3.53. The van der Waals surface area contributed by atoms with Crippen molar-refractivity contribution in [1.82, 2.24) is 0 Å². The highest BCUT2D eigenvalue weighted by Gasteiger charge is 2.68. The Labute approximate surface area is 126 Å². The summed E-state index contributed by atoms with van der Waals surface area (Å²) in [6.45, 7) is 0. The van der Waals surface area contributed by atoms with Crippen LogP contribution in [0.4, 0.5) is 13.2 Å². The fraction of sp³-hybridized carbons (Fsp3) is 0.364. The molecule has 2 atom stereocenters. The van der Waals surface area contributed by atoms with Gasteiger partial charge in [-0.05, 0) is 17.7 Å². The SMILES string of the molecule is O=C(O)C1C(c2ccc(OC(F)(F)F)c(Cl)c2)C1(Cl)Cl. The summed E-state index contributed by atoms with van der Waals surface area (Å²) in [6, 6.07) is 3.40. The number of halogens is 6. The standard InChI is InChI=1S/C11H6Cl3F3O3/c12-5-3-4(1-2-6(5)20-11(15,16)17)7-8(9(18)19)10(7,13)14/h1-3,7-8H,(H,18,19). The molecule has 2 unspecified atom stereocenters. The van der Waals surface area contributed by atoms with Gasteiger partial charge in [0.25, 0.3) is 0 Å². The van der Waals surface area contributed by atoms with Crippen molar-refractivity contribution in [2.75, 3.05) is 0 Å². The highest BCUT2D eigenvalue weighted by molar-refractivity contribution is 6.53. The molecule has 1 saturated carbocycles. The molecule has 0 amide bonds. The Bertz CT molecular complexity index is 560. The number of hydrogen-bond acceptors (Lipinski definition) is 2. The Hall–Kier alpha value is -0.850. The third-order valence-corrected chi connectivity index (χ3v) is 4.10. The van der Waals surface area contributed by atoms with E-state index in [1.54, 1.807) is 0 Å². The number of aliphatic carboxylic acids is 1. The van der Waals surface area contributed by atoms with Crippen molar-refractivity contribution in [3.05, 3.63) is 28.8 Å². The van der Waals surface area contributed by atoms with Crippen molar-refractivity contribution in [3.8, 4) is 5.75 Å². The predicted molar refractivity (Wildman–Crippen MR) is 66.4 cm³/mol. The molecule has 0 spiro atoms. The Morgan fingerprint density at radius 1 is 1.35 bits per heavy atom. The Morgan fingerprint density at radius 3 is 2.35 bits per heavy atom. The minimum atomic E-state index is -4.86. The van der Waals surface area contributed by atoms with Crippen molar-refractivity contribution < 1.29 is 27.8 Å². The summed E-state index contributed by atoms with van der Waals surface area (Å²) in [4.78, 5) is 10.9. The molecule has 1 aliphatic carbocycles. The van der Waals surface area contributed by atoms with Crippen molar-refractivity contribution >= 4 is 40.8 Å². The number of alkyl halides is 5. The van der Waals surface area contributed by atoms with E-state index in [9.17, 15) is 18.0 Å².